The number of hydrogen-bond donors (Lipinski definition) is 1. The summed E-state index contributed by atoms with van der Waals surface area (Å²) in [5.74, 6) is -0.169. The van der Waals surface area contributed by atoms with Gasteiger partial charge in [0.1, 0.15) is 17.4 Å². The van der Waals surface area contributed by atoms with E-state index in [4.69, 9.17) is 4.74 Å². The van der Waals surface area contributed by atoms with E-state index < -0.39 is 22.5 Å². The number of benzene rings is 3. The summed E-state index contributed by atoms with van der Waals surface area (Å²) in [6.45, 7) is 0.328. The molecule has 1 N–H and O–H groups in total. The molecular formula is C25H21F2N3O3S. The van der Waals surface area contributed by atoms with E-state index in [0.717, 1.165) is 0 Å². The molecule has 1 atom stereocenters. The first-order valence-electron chi connectivity index (χ1n) is 10.7. The second kappa shape index (κ2) is 8.64. The molecule has 0 aromatic heterocycles. The lowest BCUT2D eigenvalue weighted by Gasteiger charge is -2.33. The lowest BCUT2D eigenvalue weighted by molar-refractivity contribution is -0.123. The molecule has 3 aromatic rings. The van der Waals surface area contributed by atoms with E-state index in [1.165, 1.54) is 52.9 Å². The minimum Gasteiger partial charge on any atom is -0.497 e. The van der Waals surface area contributed by atoms with Crippen LogP contribution in [0, 0.1) is 11.6 Å². The molecule has 174 valence electrons. The summed E-state index contributed by atoms with van der Waals surface area (Å²) in [5, 5.41) is 2.70. The third-order valence-corrected chi connectivity index (χ3v) is 7.43. The maximum absolute atomic E-state index is 14.4. The van der Waals surface area contributed by atoms with Crippen molar-refractivity contribution in [3.63, 3.8) is 0 Å². The molecule has 2 heterocycles. The number of hydrogen-bond acceptors (Lipinski definition) is 4. The number of halogens is 2. The fourth-order valence-corrected chi connectivity index (χ4v) is 5.88. The van der Waals surface area contributed by atoms with Crippen molar-refractivity contribution in [3.05, 3.63) is 89.5 Å². The highest BCUT2D eigenvalue weighted by Crippen LogP contribution is 2.55. The van der Waals surface area contributed by atoms with E-state index in [0.29, 0.717) is 34.9 Å². The quantitative estimate of drug-likeness (QED) is 0.573. The topological polar surface area (TPSA) is 61.9 Å². The molecule has 1 spiro atoms. The van der Waals surface area contributed by atoms with Crippen LogP contribution in [0.15, 0.2) is 66.7 Å². The van der Waals surface area contributed by atoms with Crippen molar-refractivity contribution in [2.45, 2.75) is 11.4 Å². The van der Waals surface area contributed by atoms with Gasteiger partial charge in [-0.25, -0.2) is 13.6 Å². The predicted molar refractivity (Wildman–Crippen MR) is 127 cm³/mol. The highest BCUT2D eigenvalue weighted by molar-refractivity contribution is 8.01. The largest absolute Gasteiger partial charge is 0.497 e. The van der Waals surface area contributed by atoms with Crippen molar-refractivity contribution in [3.8, 4) is 5.75 Å². The van der Waals surface area contributed by atoms with E-state index >= 15 is 0 Å². The Kier molecular flexibility index (Phi) is 5.65. The van der Waals surface area contributed by atoms with Crippen molar-refractivity contribution >= 4 is 35.1 Å². The number of amides is 3. The molecule has 1 fully saturated rings. The Labute approximate surface area is 199 Å². The minimum atomic E-state index is -1.34. The molecule has 0 unspecified atom stereocenters. The van der Waals surface area contributed by atoms with Gasteiger partial charge in [0.2, 0.25) is 0 Å². The molecule has 5 rings (SSSR count). The van der Waals surface area contributed by atoms with E-state index in [9.17, 15) is 18.4 Å². The summed E-state index contributed by atoms with van der Waals surface area (Å²) in [6.07, 6.45) is 0. The standard InChI is InChI=1S/C25H21F2N3O3S/c1-33-19-9-10-22-20(14-19)25(23(31)29(22)15-16-5-2-3-8-21(16)27)30(11-12-34-25)24(32)28-18-7-4-6-17(26)13-18/h2-10,13-14H,11-12,15H2,1H3,(H,28,32)/t25-/m1/s1. The zero-order valence-corrected chi connectivity index (χ0v) is 19.1. The van der Waals surface area contributed by atoms with Crippen LogP contribution in [-0.2, 0) is 16.2 Å². The number of ether oxygens (including phenoxy) is 1. The van der Waals surface area contributed by atoms with E-state index in [1.54, 1.807) is 42.5 Å². The number of nitrogens with one attached hydrogen (secondary N) is 1. The third-order valence-electron chi connectivity index (χ3n) is 6.01. The van der Waals surface area contributed by atoms with Gasteiger partial charge >= 0.3 is 6.03 Å². The Hall–Kier alpha value is -3.59. The van der Waals surface area contributed by atoms with Crippen molar-refractivity contribution in [2.75, 3.05) is 29.6 Å². The predicted octanol–water partition coefficient (Wildman–Crippen LogP) is 4.95. The molecule has 1 saturated heterocycles. The molecule has 0 bridgehead atoms. The van der Waals surface area contributed by atoms with Gasteiger partial charge < -0.3 is 15.0 Å². The Bertz CT molecular complexity index is 1290. The summed E-state index contributed by atoms with van der Waals surface area (Å²) >= 11 is 1.34. The number of anilines is 2. The first-order valence-corrected chi connectivity index (χ1v) is 11.6. The molecule has 3 aromatic carbocycles. The fourth-order valence-electron chi connectivity index (χ4n) is 4.43. The van der Waals surface area contributed by atoms with Crippen molar-refractivity contribution in [2.24, 2.45) is 0 Å². The van der Waals surface area contributed by atoms with E-state index in [1.807, 2.05) is 0 Å². The van der Waals surface area contributed by atoms with Gasteiger partial charge in [-0.1, -0.05) is 24.3 Å². The molecule has 34 heavy (non-hydrogen) atoms. The molecule has 9 heteroatoms. The molecule has 2 aliphatic heterocycles. The summed E-state index contributed by atoms with van der Waals surface area (Å²) in [6, 6.07) is 16.6. The molecule has 2 aliphatic rings. The SMILES string of the molecule is COc1ccc2c(c1)[C@@]1(SCCN1C(=O)Nc1cccc(F)c1)C(=O)N2Cc1ccccc1F. The number of carbonyl (C=O) groups is 2. The Morgan fingerprint density at radius 1 is 1.12 bits per heavy atom. The second-order valence-electron chi connectivity index (χ2n) is 7.95. The number of urea groups is 1. The van der Waals surface area contributed by atoms with Gasteiger partial charge in [-0.2, -0.15) is 0 Å². The van der Waals surface area contributed by atoms with E-state index in [-0.39, 0.29) is 18.1 Å². The summed E-state index contributed by atoms with van der Waals surface area (Å²) in [4.78, 5) is 28.9. The van der Waals surface area contributed by atoms with Gasteiger partial charge in [0.25, 0.3) is 5.91 Å². The van der Waals surface area contributed by atoms with Crippen molar-refractivity contribution < 1.29 is 23.1 Å². The number of thioether (sulfide) groups is 1. The highest BCUT2D eigenvalue weighted by Gasteiger charge is 2.59. The summed E-state index contributed by atoms with van der Waals surface area (Å²) in [7, 11) is 1.53. The van der Waals surface area contributed by atoms with Crippen molar-refractivity contribution in [1.29, 1.82) is 0 Å². The Morgan fingerprint density at radius 3 is 2.71 bits per heavy atom. The van der Waals surface area contributed by atoms with Crippen LogP contribution in [0.1, 0.15) is 11.1 Å². The molecule has 0 radical (unpaired) electrons. The second-order valence-corrected chi connectivity index (χ2v) is 9.24. The summed E-state index contributed by atoms with van der Waals surface area (Å²) < 4.78 is 33.5. The van der Waals surface area contributed by atoms with Gasteiger partial charge in [-0.15, -0.1) is 11.8 Å². The summed E-state index contributed by atoms with van der Waals surface area (Å²) in [5.41, 5.74) is 1.85. The van der Waals surface area contributed by atoms with Gasteiger partial charge in [-0.3, -0.25) is 9.69 Å². The van der Waals surface area contributed by atoms with Gasteiger partial charge in [-0.05, 0) is 42.5 Å². The van der Waals surface area contributed by atoms with E-state index in [2.05, 4.69) is 5.32 Å². The van der Waals surface area contributed by atoms with Crippen molar-refractivity contribution in [1.82, 2.24) is 4.90 Å². The Morgan fingerprint density at radius 2 is 1.94 bits per heavy atom. The fraction of sp³-hybridized carbons (Fsp3) is 0.200. The smallest absolute Gasteiger partial charge is 0.323 e. The van der Waals surface area contributed by atoms with Crippen LogP contribution < -0.4 is 15.0 Å². The van der Waals surface area contributed by atoms with Crippen LogP contribution in [-0.4, -0.2) is 36.2 Å². The Balaban J connectivity index is 1.56. The molecule has 3 amide bonds. The minimum absolute atomic E-state index is 0.0203. The lowest BCUT2D eigenvalue weighted by Crippen LogP contribution is -2.51. The average molecular weight is 482 g/mol. The van der Waals surface area contributed by atoms with Crippen LogP contribution >= 0.6 is 11.8 Å². The van der Waals surface area contributed by atoms with Crippen LogP contribution in [0.2, 0.25) is 0 Å². The van der Waals surface area contributed by atoms with Gasteiger partial charge in [0.05, 0.1) is 19.3 Å². The molecule has 0 aliphatic carbocycles. The molecular weight excluding hydrogens is 460 g/mol. The highest BCUT2D eigenvalue weighted by atomic mass is 32.2. The normalized spacial score (nSPS) is 19.0. The molecule has 0 saturated carbocycles. The van der Waals surface area contributed by atoms with Crippen LogP contribution in [0.5, 0.6) is 5.75 Å². The number of nitrogens with zero attached hydrogens (tertiary/aromatic N) is 2. The lowest BCUT2D eigenvalue weighted by atomic mass is 10.1. The maximum atomic E-state index is 14.4. The van der Waals surface area contributed by atoms with Gasteiger partial charge in [0, 0.05) is 29.1 Å². The maximum Gasteiger partial charge on any atom is 0.323 e. The zero-order valence-electron chi connectivity index (χ0n) is 18.3. The number of carbonyl (C=O) groups excluding carboxylic acids is 2. The number of rotatable bonds is 4. The zero-order chi connectivity index (χ0) is 23.9. The van der Waals surface area contributed by atoms with Crippen LogP contribution in [0.3, 0.4) is 0 Å². The number of fused-ring (bicyclic) bond motifs is 2. The monoisotopic (exact) mass is 481 g/mol. The first-order chi connectivity index (χ1) is 16.4. The third kappa shape index (κ3) is 3.56. The number of methoxy groups -OCH3 is 1. The van der Waals surface area contributed by atoms with Gasteiger partial charge in [0.15, 0.2) is 4.87 Å². The van der Waals surface area contributed by atoms with Crippen LogP contribution in [0.25, 0.3) is 0 Å². The first kappa shape index (κ1) is 22.2. The average Bonchev–Trinajstić information content (AvgIpc) is 3.37. The van der Waals surface area contributed by atoms with Crippen LogP contribution in [0.4, 0.5) is 25.0 Å². The molecule has 6 nitrogen and oxygen atoms in total.